The first-order valence-corrected chi connectivity index (χ1v) is 9.48. The summed E-state index contributed by atoms with van der Waals surface area (Å²) in [6.45, 7) is 6.06. The van der Waals surface area contributed by atoms with Gasteiger partial charge >= 0.3 is 0 Å². The topological polar surface area (TPSA) is 59.8 Å². The SMILES string of the molecule is Cc1ccc(-n2c(C)nnc2SCC(=O)Nc2ccc(Cl)cc2)cc1C. The first kappa shape index (κ1) is 18.5. The number of benzene rings is 2. The van der Waals surface area contributed by atoms with Crippen molar-refractivity contribution >= 4 is 35.0 Å². The summed E-state index contributed by atoms with van der Waals surface area (Å²) >= 11 is 7.21. The molecule has 0 bridgehead atoms. The van der Waals surface area contributed by atoms with Gasteiger partial charge < -0.3 is 5.32 Å². The molecule has 1 amide bonds. The summed E-state index contributed by atoms with van der Waals surface area (Å²) in [4.78, 5) is 12.2. The van der Waals surface area contributed by atoms with Crippen LogP contribution in [0.2, 0.25) is 5.02 Å². The van der Waals surface area contributed by atoms with Crippen LogP contribution in [0.3, 0.4) is 0 Å². The Hall–Kier alpha value is -2.31. The Morgan fingerprint density at radius 3 is 2.50 bits per heavy atom. The van der Waals surface area contributed by atoms with E-state index in [-0.39, 0.29) is 11.7 Å². The number of carbonyl (C=O) groups is 1. The van der Waals surface area contributed by atoms with Crippen LogP contribution in [0.15, 0.2) is 47.6 Å². The van der Waals surface area contributed by atoms with E-state index in [0.29, 0.717) is 15.9 Å². The number of hydrogen-bond acceptors (Lipinski definition) is 4. The largest absolute Gasteiger partial charge is 0.325 e. The molecule has 0 aliphatic rings. The summed E-state index contributed by atoms with van der Waals surface area (Å²) in [5.41, 5.74) is 4.14. The Morgan fingerprint density at radius 1 is 1.08 bits per heavy atom. The van der Waals surface area contributed by atoms with Crippen molar-refractivity contribution < 1.29 is 4.79 Å². The quantitative estimate of drug-likeness (QED) is 0.652. The number of amides is 1. The monoisotopic (exact) mass is 386 g/mol. The van der Waals surface area contributed by atoms with Crippen LogP contribution in [0.1, 0.15) is 17.0 Å². The van der Waals surface area contributed by atoms with Crippen molar-refractivity contribution in [2.24, 2.45) is 0 Å². The van der Waals surface area contributed by atoms with E-state index in [4.69, 9.17) is 11.6 Å². The van der Waals surface area contributed by atoms with Gasteiger partial charge in [0.1, 0.15) is 5.82 Å². The van der Waals surface area contributed by atoms with Gasteiger partial charge in [-0.3, -0.25) is 9.36 Å². The zero-order valence-electron chi connectivity index (χ0n) is 14.8. The minimum atomic E-state index is -0.107. The lowest BCUT2D eigenvalue weighted by Crippen LogP contribution is -2.14. The number of anilines is 1. The number of nitrogens with one attached hydrogen (secondary N) is 1. The summed E-state index contributed by atoms with van der Waals surface area (Å²) in [5.74, 6) is 0.921. The molecule has 0 aliphatic heterocycles. The molecule has 3 rings (SSSR count). The van der Waals surface area contributed by atoms with E-state index >= 15 is 0 Å². The molecule has 5 nitrogen and oxygen atoms in total. The lowest BCUT2D eigenvalue weighted by Gasteiger charge is -2.10. The first-order valence-electron chi connectivity index (χ1n) is 8.12. The van der Waals surface area contributed by atoms with Crippen molar-refractivity contribution in [1.29, 1.82) is 0 Å². The number of nitrogens with zero attached hydrogens (tertiary/aromatic N) is 3. The normalized spacial score (nSPS) is 10.8. The molecule has 7 heteroatoms. The molecule has 0 saturated heterocycles. The number of carbonyl (C=O) groups excluding carboxylic acids is 1. The average molecular weight is 387 g/mol. The zero-order chi connectivity index (χ0) is 18.7. The zero-order valence-corrected chi connectivity index (χ0v) is 16.4. The van der Waals surface area contributed by atoms with Crippen LogP contribution in [-0.4, -0.2) is 26.4 Å². The number of rotatable bonds is 5. The van der Waals surface area contributed by atoms with Crippen LogP contribution < -0.4 is 5.32 Å². The molecule has 26 heavy (non-hydrogen) atoms. The third-order valence-electron chi connectivity index (χ3n) is 4.00. The molecule has 0 saturated carbocycles. The lowest BCUT2D eigenvalue weighted by molar-refractivity contribution is -0.113. The first-order chi connectivity index (χ1) is 12.4. The number of hydrogen-bond donors (Lipinski definition) is 1. The molecule has 0 unspecified atom stereocenters. The van der Waals surface area contributed by atoms with E-state index in [9.17, 15) is 4.79 Å². The van der Waals surface area contributed by atoms with E-state index in [1.807, 2.05) is 17.6 Å². The molecule has 0 fully saturated rings. The number of aryl methyl sites for hydroxylation is 3. The fourth-order valence-corrected chi connectivity index (χ4v) is 3.38. The van der Waals surface area contributed by atoms with Crippen LogP contribution in [0, 0.1) is 20.8 Å². The number of thioether (sulfide) groups is 1. The van der Waals surface area contributed by atoms with Gasteiger partial charge in [-0.25, -0.2) is 0 Å². The van der Waals surface area contributed by atoms with Gasteiger partial charge in [0.2, 0.25) is 5.91 Å². The third kappa shape index (κ3) is 4.26. The third-order valence-corrected chi connectivity index (χ3v) is 5.19. The standard InChI is InChI=1S/C19H19ClN4OS/c1-12-4-9-17(10-13(12)2)24-14(3)22-23-19(24)26-11-18(25)21-16-7-5-15(20)6-8-16/h4-10H,11H2,1-3H3,(H,21,25). The molecular formula is C19H19ClN4OS. The van der Waals surface area contributed by atoms with Crippen molar-refractivity contribution in [2.75, 3.05) is 11.1 Å². The van der Waals surface area contributed by atoms with Gasteiger partial charge in [-0.1, -0.05) is 29.4 Å². The van der Waals surface area contributed by atoms with Crippen LogP contribution >= 0.6 is 23.4 Å². The van der Waals surface area contributed by atoms with Crippen molar-refractivity contribution in [3.05, 3.63) is 64.4 Å². The minimum absolute atomic E-state index is 0.107. The van der Waals surface area contributed by atoms with Gasteiger partial charge in [0, 0.05) is 16.4 Å². The molecule has 1 N–H and O–H groups in total. The van der Waals surface area contributed by atoms with Gasteiger partial charge in [-0.2, -0.15) is 0 Å². The van der Waals surface area contributed by atoms with E-state index in [1.54, 1.807) is 24.3 Å². The van der Waals surface area contributed by atoms with Gasteiger partial charge in [-0.05, 0) is 68.3 Å². The van der Waals surface area contributed by atoms with Gasteiger partial charge in [-0.15, -0.1) is 10.2 Å². The predicted molar refractivity (Wildman–Crippen MR) is 106 cm³/mol. The highest BCUT2D eigenvalue weighted by Crippen LogP contribution is 2.23. The average Bonchev–Trinajstić information content (AvgIpc) is 2.98. The summed E-state index contributed by atoms with van der Waals surface area (Å²) in [6, 6.07) is 13.2. The van der Waals surface area contributed by atoms with Crippen LogP contribution in [0.5, 0.6) is 0 Å². The maximum atomic E-state index is 12.2. The van der Waals surface area contributed by atoms with Crippen molar-refractivity contribution in [1.82, 2.24) is 14.8 Å². The lowest BCUT2D eigenvalue weighted by atomic mass is 10.1. The fourth-order valence-electron chi connectivity index (χ4n) is 2.46. The smallest absolute Gasteiger partial charge is 0.234 e. The van der Waals surface area contributed by atoms with E-state index < -0.39 is 0 Å². The molecule has 0 radical (unpaired) electrons. The van der Waals surface area contributed by atoms with Gasteiger partial charge in [0.15, 0.2) is 5.16 Å². The van der Waals surface area contributed by atoms with Gasteiger partial charge in [0.05, 0.1) is 5.75 Å². The second-order valence-electron chi connectivity index (χ2n) is 5.98. The molecule has 2 aromatic carbocycles. The molecule has 0 atom stereocenters. The predicted octanol–water partition coefficient (Wildman–Crippen LogP) is 4.58. The van der Waals surface area contributed by atoms with Crippen molar-refractivity contribution in [3.8, 4) is 5.69 Å². The van der Waals surface area contributed by atoms with Crippen LogP contribution in [0.25, 0.3) is 5.69 Å². The highest BCUT2D eigenvalue weighted by molar-refractivity contribution is 7.99. The van der Waals surface area contributed by atoms with E-state index in [1.165, 1.54) is 22.9 Å². The molecular weight excluding hydrogens is 368 g/mol. The van der Waals surface area contributed by atoms with Crippen LogP contribution in [0.4, 0.5) is 5.69 Å². The Morgan fingerprint density at radius 2 is 1.81 bits per heavy atom. The van der Waals surface area contributed by atoms with E-state index in [0.717, 1.165) is 11.5 Å². The Kier molecular flexibility index (Phi) is 5.64. The van der Waals surface area contributed by atoms with Gasteiger partial charge in [0.25, 0.3) is 0 Å². The second kappa shape index (κ2) is 7.93. The Labute approximate surface area is 161 Å². The second-order valence-corrected chi connectivity index (χ2v) is 7.36. The highest BCUT2D eigenvalue weighted by Gasteiger charge is 2.14. The fraction of sp³-hybridized carbons (Fsp3) is 0.211. The maximum absolute atomic E-state index is 12.2. The summed E-state index contributed by atoms with van der Waals surface area (Å²) in [5, 5.41) is 12.5. The molecule has 134 valence electrons. The Balaban J connectivity index is 1.71. The molecule has 3 aromatic rings. The highest BCUT2D eigenvalue weighted by atomic mass is 35.5. The summed E-state index contributed by atoms with van der Waals surface area (Å²) < 4.78 is 1.96. The Bertz CT molecular complexity index is 937. The number of aromatic nitrogens is 3. The minimum Gasteiger partial charge on any atom is -0.325 e. The molecule has 1 aromatic heterocycles. The van der Waals surface area contributed by atoms with Crippen molar-refractivity contribution in [2.45, 2.75) is 25.9 Å². The molecule has 1 heterocycles. The van der Waals surface area contributed by atoms with E-state index in [2.05, 4.69) is 41.5 Å². The maximum Gasteiger partial charge on any atom is 0.234 e. The summed E-state index contributed by atoms with van der Waals surface area (Å²) in [7, 11) is 0. The number of halogens is 1. The van der Waals surface area contributed by atoms with Crippen molar-refractivity contribution in [3.63, 3.8) is 0 Å². The summed E-state index contributed by atoms with van der Waals surface area (Å²) in [6.07, 6.45) is 0. The van der Waals surface area contributed by atoms with Crippen LogP contribution in [-0.2, 0) is 4.79 Å². The molecule has 0 aliphatic carbocycles. The molecule has 0 spiro atoms.